The van der Waals surface area contributed by atoms with E-state index in [0.717, 1.165) is 28.9 Å². The fourth-order valence-electron chi connectivity index (χ4n) is 2.67. The van der Waals surface area contributed by atoms with Crippen LogP contribution < -0.4 is 5.32 Å². The van der Waals surface area contributed by atoms with Gasteiger partial charge in [0.05, 0.1) is 5.69 Å². The van der Waals surface area contributed by atoms with Gasteiger partial charge in [-0.1, -0.05) is 6.42 Å². The lowest BCUT2D eigenvalue weighted by atomic mass is 9.80. The summed E-state index contributed by atoms with van der Waals surface area (Å²) in [6.45, 7) is 6.22. The van der Waals surface area contributed by atoms with Crippen molar-refractivity contribution in [1.82, 2.24) is 20.0 Å². The van der Waals surface area contributed by atoms with Gasteiger partial charge < -0.3 is 5.32 Å². The Morgan fingerprint density at radius 1 is 1.25 bits per heavy atom. The van der Waals surface area contributed by atoms with Gasteiger partial charge >= 0.3 is 0 Å². The quantitative estimate of drug-likeness (QED) is 0.929. The number of anilines is 1. The van der Waals surface area contributed by atoms with Crippen LogP contribution in [-0.2, 0) is 0 Å². The normalized spacial score (nSPS) is 16.8. The van der Waals surface area contributed by atoms with Crippen molar-refractivity contribution >= 4 is 5.82 Å². The molecule has 0 bridgehead atoms. The molecule has 1 N–H and O–H groups in total. The van der Waals surface area contributed by atoms with Crippen molar-refractivity contribution in [1.29, 1.82) is 0 Å². The Bertz CT molecular complexity index is 583. The first-order chi connectivity index (χ1) is 9.63. The van der Waals surface area contributed by atoms with E-state index in [1.807, 2.05) is 36.7 Å². The lowest BCUT2D eigenvalue weighted by molar-refractivity contribution is 0.285. The molecule has 0 saturated heterocycles. The molecule has 106 valence electrons. The Morgan fingerprint density at radius 3 is 2.55 bits per heavy atom. The van der Waals surface area contributed by atoms with Gasteiger partial charge in [0.15, 0.2) is 5.82 Å². The van der Waals surface area contributed by atoms with E-state index in [-0.39, 0.29) is 0 Å². The third kappa shape index (κ3) is 2.53. The summed E-state index contributed by atoms with van der Waals surface area (Å²) in [5.41, 5.74) is 2.06. The van der Waals surface area contributed by atoms with Crippen molar-refractivity contribution < 1.29 is 0 Å². The number of hydrogen-bond acceptors (Lipinski definition) is 4. The van der Waals surface area contributed by atoms with Crippen molar-refractivity contribution in [3.8, 4) is 5.82 Å². The van der Waals surface area contributed by atoms with E-state index in [1.165, 1.54) is 19.3 Å². The van der Waals surface area contributed by atoms with Crippen LogP contribution in [0.3, 0.4) is 0 Å². The molecule has 1 aliphatic carbocycles. The van der Waals surface area contributed by atoms with Crippen LogP contribution in [0.2, 0.25) is 0 Å². The van der Waals surface area contributed by atoms with E-state index in [4.69, 9.17) is 0 Å². The summed E-state index contributed by atoms with van der Waals surface area (Å²) in [5, 5.41) is 16.4. The zero-order chi connectivity index (χ0) is 14.1. The molecule has 1 aliphatic rings. The van der Waals surface area contributed by atoms with E-state index in [0.29, 0.717) is 6.04 Å². The van der Waals surface area contributed by atoms with Crippen LogP contribution in [0.25, 0.3) is 5.82 Å². The molecule has 2 aromatic heterocycles. The number of aromatic nitrogens is 4. The van der Waals surface area contributed by atoms with Gasteiger partial charge in [-0.15, -0.1) is 10.2 Å². The molecule has 5 nitrogen and oxygen atoms in total. The summed E-state index contributed by atoms with van der Waals surface area (Å²) in [5.74, 6) is 2.39. The van der Waals surface area contributed by atoms with E-state index < -0.39 is 0 Å². The molecule has 0 amide bonds. The highest BCUT2D eigenvalue weighted by Gasteiger charge is 2.23. The predicted molar refractivity (Wildman–Crippen MR) is 79.1 cm³/mol. The first-order valence-electron chi connectivity index (χ1n) is 7.27. The Balaban J connectivity index is 1.72. The molecule has 1 saturated carbocycles. The topological polar surface area (TPSA) is 55.6 Å². The van der Waals surface area contributed by atoms with E-state index in [9.17, 15) is 0 Å². The van der Waals surface area contributed by atoms with Gasteiger partial charge in [0.25, 0.3) is 0 Å². The standard InChI is InChI=1S/C15H21N5/c1-10-9-11(2)20(19-10)15-8-7-14(17-18-15)16-12(3)13-5-4-6-13/h7-9,12-13H,4-6H2,1-3H3,(H,16,17). The van der Waals surface area contributed by atoms with Crippen molar-refractivity contribution in [2.45, 2.75) is 46.1 Å². The third-order valence-corrected chi connectivity index (χ3v) is 4.11. The molecule has 2 heterocycles. The van der Waals surface area contributed by atoms with Crippen LogP contribution in [0, 0.1) is 19.8 Å². The van der Waals surface area contributed by atoms with Crippen molar-refractivity contribution in [3.63, 3.8) is 0 Å². The van der Waals surface area contributed by atoms with Crippen LogP contribution in [0.4, 0.5) is 5.82 Å². The third-order valence-electron chi connectivity index (χ3n) is 4.11. The Labute approximate surface area is 119 Å². The first kappa shape index (κ1) is 13.1. The SMILES string of the molecule is Cc1cc(C)n(-c2ccc(NC(C)C3CCC3)nn2)n1. The van der Waals surface area contributed by atoms with Gasteiger partial charge in [-0.3, -0.25) is 0 Å². The van der Waals surface area contributed by atoms with Gasteiger partial charge in [0, 0.05) is 11.7 Å². The molecule has 1 fully saturated rings. The average molecular weight is 271 g/mol. The van der Waals surface area contributed by atoms with E-state index in [2.05, 4.69) is 27.5 Å². The molecule has 20 heavy (non-hydrogen) atoms. The van der Waals surface area contributed by atoms with Crippen LogP contribution in [0.15, 0.2) is 18.2 Å². The molecule has 5 heteroatoms. The summed E-state index contributed by atoms with van der Waals surface area (Å²) < 4.78 is 1.82. The number of hydrogen-bond donors (Lipinski definition) is 1. The van der Waals surface area contributed by atoms with Crippen molar-refractivity contribution in [2.75, 3.05) is 5.32 Å². The number of rotatable bonds is 4. The molecule has 1 unspecified atom stereocenters. The minimum absolute atomic E-state index is 0.470. The Kier molecular flexibility index (Phi) is 3.42. The number of aryl methyl sites for hydroxylation is 2. The van der Waals surface area contributed by atoms with Gasteiger partial charge in [0.1, 0.15) is 5.82 Å². The van der Waals surface area contributed by atoms with Gasteiger partial charge in [0.2, 0.25) is 0 Å². The first-order valence-corrected chi connectivity index (χ1v) is 7.27. The largest absolute Gasteiger partial charge is 0.366 e. The Hall–Kier alpha value is -1.91. The molecule has 0 radical (unpaired) electrons. The maximum atomic E-state index is 4.42. The molecular weight excluding hydrogens is 250 g/mol. The molecule has 2 aromatic rings. The Morgan fingerprint density at radius 2 is 2.05 bits per heavy atom. The van der Waals surface area contributed by atoms with E-state index >= 15 is 0 Å². The van der Waals surface area contributed by atoms with Crippen molar-refractivity contribution in [2.24, 2.45) is 5.92 Å². The second-order valence-electron chi connectivity index (χ2n) is 5.74. The molecule has 0 aromatic carbocycles. The molecular formula is C15H21N5. The van der Waals surface area contributed by atoms with Gasteiger partial charge in [-0.25, -0.2) is 4.68 Å². The zero-order valence-corrected chi connectivity index (χ0v) is 12.3. The monoisotopic (exact) mass is 271 g/mol. The molecule has 0 aliphatic heterocycles. The summed E-state index contributed by atoms with van der Waals surface area (Å²) in [6.07, 6.45) is 4.01. The maximum Gasteiger partial charge on any atom is 0.176 e. The fourth-order valence-corrected chi connectivity index (χ4v) is 2.67. The van der Waals surface area contributed by atoms with Crippen LogP contribution >= 0.6 is 0 Å². The van der Waals surface area contributed by atoms with Gasteiger partial charge in [-0.05, 0) is 57.7 Å². The van der Waals surface area contributed by atoms with Crippen LogP contribution in [0.5, 0.6) is 0 Å². The summed E-state index contributed by atoms with van der Waals surface area (Å²) in [7, 11) is 0. The highest BCUT2D eigenvalue weighted by Crippen LogP contribution is 2.30. The molecule has 3 rings (SSSR count). The second kappa shape index (κ2) is 5.23. The molecule has 1 atom stereocenters. The number of nitrogens with one attached hydrogen (secondary N) is 1. The lowest BCUT2D eigenvalue weighted by Gasteiger charge is -2.32. The van der Waals surface area contributed by atoms with Crippen LogP contribution in [-0.4, -0.2) is 26.0 Å². The summed E-state index contributed by atoms with van der Waals surface area (Å²) >= 11 is 0. The maximum absolute atomic E-state index is 4.42. The highest BCUT2D eigenvalue weighted by atomic mass is 15.4. The lowest BCUT2D eigenvalue weighted by Crippen LogP contribution is -2.31. The summed E-state index contributed by atoms with van der Waals surface area (Å²) in [4.78, 5) is 0. The smallest absolute Gasteiger partial charge is 0.176 e. The zero-order valence-electron chi connectivity index (χ0n) is 12.3. The van der Waals surface area contributed by atoms with Crippen LogP contribution in [0.1, 0.15) is 37.6 Å². The predicted octanol–water partition coefficient (Wildman–Crippen LogP) is 2.88. The highest BCUT2D eigenvalue weighted by molar-refractivity contribution is 5.37. The minimum Gasteiger partial charge on any atom is -0.366 e. The van der Waals surface area contributed by atoms with Gasteiger partial charge in [-0.2, -0.15) is 5.10 Å². The second-order valence-corrected chi connectivity index (χ2v) is 5.74. The van der Waals surface area contributed by atoms with Crippen molar-refractivity contribution in [3.05, 3.63) is 29.6 Å². The molecule has 0 spiro atoms. The minimum atomic E-state index is 0.470. The fraction of sp³-hybridized carbons (Fsp3) is 0.533. The number of nitrogens with zero attached hydrogens (tertiary/aromatic N) is 4. The average Bonchev–Trinajstić information content (AvgIpc) is 2.67. The summed E-state index contributed by atoms with van der Waals surface area (Å²) in [6, 6.07) is 6.44. The van der Waals surface area contributed by atoms with E-state index in [1.54, 1.807) is 0 Å².